The predicted octanol–water partition coefficient (Wildman–Crippen LogP) is 1.93. The topological polar surface area (TPSA) is 38.8 Å². The van der Waals surface area contributed by atoms with Crippen LogP contribution in [-0.2, 0) is 4.74 Å². The van der Waals surface area contributed by atoms with Crippen LogP contribution in [0.1, 0.15) is 10.4 Å². The van der Waals surface area contributed by atoms with Crippen molar-refractivity contribution in [2.75, 3.05) is 13.2 Å². The Hall–Kier alpha value is -1.06. The maximum Gasteiger partial charge on any atom is 0.155 e. The van der Waals surface area contributed by atoms with Crippen LogP contribution in [0, 0.1) is 0 Å². The summed E-state index contributed by atoms with van der Waals surface area (Å²) in [5, 5.41) is 0.411. The Bertz CT molecular complexity index is 347. The molecule has 4 heteroatoms. The lowest BCUT2D eigenvalue weighted by Crippen LogP contribution is -2.05. The number of hydrogen-bond acceptors (Lipinski definition) is 3. The third-order valence-corrected chi connectivity index (χ3v) is 2.29. The molecule has 1 aliphatic heterocycles. The fourth-order valence-corrected chi connectivity index (χ4v) is 1.31. The number of hydrogen-bond donors (Lipinski definition) is 0. The molecule has 0 aliphatic carbocycles. The first kappa shape index (κ1) is 9.49. The van der Waals surface area contributed by atoms with E-state index in [1.54, 1.807) is 18.2 Å². The number of rotatable bonds is 4. The van der Waals surface area contributed by atoms with Gasteiger partial charge < -0.3 is 9.47 Å². The highest BCUT2D eigenvalue weighted by Gasteiger charge is 2.23. The van der Waals surface area contributed by atoms with Gasteiger partial charge in [0.2, 0.25) is 0 Å². The minimum atomic E-state index is 0.175. The summed E-state index contributed by atoms with van der Waals surface area (Å²) in [7, 11) is 0. The molecule has 2 rings (SSSR count). The van der Waals surface area contributed by atoms with E-state index in [9.17, 15) is 4.79 Å². The summed E-state index contributed by atoms with van der Waals surface area (Å²) in [4.78, 5) is 10.7. The van der Waals surface area contributed by atoms with E-state index in [1.807, 2.05) is 0 Å². The first-order valence-corrected chi connectivity index (χ1v) is 4.67. The van der Waals surface area contributed by atoms with E-state index in [0.29, 0.717) is 29.2 Å². The number of carbonyl (C=O) groups excluding carboxylic acids is 1. The zero-order valence-electron chi connectivity index (χ0n) is 7.40. The normalized spacial score (nSPS) is 19.1. The highest BCUT2D eigenvalue weighted by atomic mass is 35.5. The summed E-state index contributed by atoms with van der Waals surface area (Å²) in [6, 6.07) is 5.13. The molecule has 74 valence electrons. The van der Waals surface area contributed by atoms with Crippen LogP contribution in [0.3, 0.4) is 0 Å². The number of aldehydes is 1. The Kier molecular flexibility index (Phi) is 2.70. The van der Waals surface area contributed by atoms with E-state index < -0.39 is 0 Å². The van der Waals surface area contributed by atoms with Gasteiger partial charge in [0.1, 0.15) is 18.5 Å². The number of halogens is 1. The molecule has 14 heavy (non-hydrogen) atoms. The summed E-state index contributed by atoms with van der Waals surface area (Å²) < 4.78 is 10.4. The van der Waals surface area contributed by atoms with Crippen LogP contribution >= 0.6 is 11.6 Å². The molecule has 0 radical (unpaired) electrons. The highest BCUT2D eigenvalue weighted by Crippen LogP contribution is 2.25. The van der Waals surface area contributed by atoms with Crippen molar-refractivity contribution in [3.63, 3.8) is 0 Å². The van der Waals surface area contributed by atoms with Gasteiger partial charge in [-0.1, -0.05) is 17.7 Å². The molecule has 3 nitrogen and oxygen atoms in total. The Labute approximate surface area is 86.6 Å². The van der Waals surface area contributed by atoms with E-state index in [2.05, 4.69) is 0 Å². The van der Waals surface area contributed by atoms with E-state index in [-0.39, 0.29) is 6.10 Å². The van der Waals surface area contributed by atoms with Crippen molar-refractivity contribution >= 4 is 17.9 Å². The van der Waals surface area contributed by atoms with Gasteiger partial charge in [-0.3, -0.25) is 4.79 Å². The third kappa shape index (κ3) is 2.05. The smallest absolute Gasteiger partial charge is 0.155 e. The maximum absolute atomic E-state index is 10.7. The van der Waals surface area contributed by atoms with Gasteiger partial charge in [0, 0.05) is 0 Å². The summed E-state index contributed by atoms with van der Waals surface area (Å²) >= 11 is 5.82. The van der Waals surface area contributed by atoms with Crippen LogP contribution in [0.15, 0.2) is 18.2 Å². The highest BCUT2D eigenvalue weighted by molar-refractivity contribution is 6.33. The van der Waals surface area contributed by atoms with Crippen molar-refractivity contribution in [1.29, 1.82) is 0 Å². The van der Waals surface area contributed by atoms with Crippen molar-refractivity contribution in [2.45, 2.75) is 6.10 Å². The molecule has 1 atom stereocenters. The molecule has 1 unspecified atom stereocenters. The fraction of sp³-hybridized carbons (Fsp3) is 0.300. The van der Waals surface area contributed by atoms with Gasteiger partial charge >= 0.3 is 0 Å². The van der Waals surface area contributed by atoms with E-state index in [1.165, 1.54) is 0 Å². The molecule has 0 bridgehead atoms. The second-order valence-corrected chi connectivity index (χ2v) is 3.44. The second-order valence-electron chi connectivity index (χ2n) is 3.04. The van der Waals surface area contributed by atoms with Crippen LogP contribution in [0.4, 0.5) is 0 Å². The van der Waals surface area contributed by atoms with Crippen molar-refractivity contribution in [2.24, 2.45) is 0 Å². The molecule has 0 aromatic heterocycles. The zero-order chi connectivity index (χ0) is 9.97. The molecule has 1 aromatic rings. The third-order valence-electron chi connectivity index (χ3n) is 1.96. The van der Waals surface area contributed by atoms with E-state index in [0.717, 1.165) is 6.61 Å². The summed E-state index contributed by atoms with van der Waals surface area (Å²) in [6.45, 7) is 1.21. The quantitative estimate of drug-likeness (QED) is 0.566. The molecule has 1 saturated heterocycles. The van der Waals surface area contributed by atoms with Gasteiger partial charge in [-0.2, -0.15) is 0 Å². The lowest BCUT2D eigenvalue weighted by molar-refractivity contribution is 0.111. The van der Waals surface area contributed by atoms with Crippen molar-refractivity contribution in [3.05, 3.63) is 28.8 Å². The lowest BCUT2D eigenvalue weighted by Gasteiger charge is -2.07. The van der Waals surface area contributed by atoms with Crippen molar-refractivity contribution in [1.82, 2.24) is 0 Å². The van der Waals surface area contributed by atoms with Crippen LogP contribution < -0.4 is 4.74 Å². The van der Waals surface area contributed by atoms with Crippen LogP contribution in [-0.4, -0.2) is 25.6 Å². The molecule has 0 saturated carbocycles. The fourth-order valence-electron chi connectivity index (χ4n) is 1.10. The average Bonchev–Trinajstić information content (AvgIpc) is 2.98. The number of carbonyl (C=O) groups is 1. The standard InChI is InChI=1S/C10H9ClO3/c11-9-2-1-3-10(8(9)4-12)14-6-7-5-13-7/h1-4,7H,5-6H2. The minimum absolute atomic E-state index is 0.175. The lowest BCUT2D eigenvalue weighted by atomic mass is 10.2. The Morgan fingerprint density at radius 3 is 3.07 bits per heavy atom. The number of epoxide rings is 1. The average molecular weight is 213 g/mol. The molecule has 1 aromatic carbocycles. The number of benzene rings is 1. The summed E-state index contributed by atoms with van der Waals surface area (Å²) in [5.74, 6) is 0.517. The minimum Gasteiger partial charge on any atom is -0.490 e. The van der Waals surface area contributed by atoms with Gasteiger partial charge in [0.05, 0.1) is 17.2 Å². The van der Waals surface area contributed by atoms with Crippen molar-refractivity contribution < 1.29 is 14.3 Å². The molecule has 0 N–H and O–H groups in total. The summed E-state index contributed by atoms with van der Waals surface area (Å²) in [5.41, 5.74) is 0.398. The molecule has 1 aliphatic rings. The first-order valence-electron chi connectivity index (χ1n) is 4.29. The first-order chi connectivity index (χ1) is 6.81. The summed E-state index contributed by atoms with van der Waals surface area (Å²) in [6.07, 6.45) is 0.874. The second kappa shape index (κ2) is 3.98. The number of ether oxygens (including phenoxy) is 2. The Morgan fingerprint density at radius 1 is 1.64 bits per heavy atom. The molecule has 1 heterocycles. The Balaban J connectivity index is 2.13. The van der Waals surface area contributed by atoms with Gasteiger partial charge in [-0.05, 0) is 12.1 Å². The molecule has 0 amide bonds. The van der Waals surface area contributed by atoms with E-state index in [4.69, 9.17) is 21.1 Å². The monoisotopic (exact) mass is 212 g/mol. The van der Waals surface area contributed by atoms with Gasteiger partial charge in [-0.15, -0.1) is 0 Å². The van der Waals surface area contributed by atoms with E-state index >= 15 is 0 Å². The molecule has 1 fully saturated rings. The molecular weight excluding hydrogens is 204 g/mol. The predicted molar refractivity (Wildman–Crippen MR) is 52.1 cm³/mol. The van der Waals surface area contributed by atoms with Crippen LogP contribution in [0.2, 0.25) is 5.02 Å². The van der Waals surface area contributed by atoms with Gasteiger partial charge in [0.15, 0.2) is 6.29 Å². The van der Waals surface area contributed by atoms with Crippen LogP contribution in [0.5, 0.6) is 5.75 Å². The van der Waals surface area contributed by atoms with Crippen molar-refractivity contribution in [3.8, 4) is 5.75 Å². The zero-order valence-corrected chi connectivity index (χ0v) is 8.16. The molecule has 0 spiro atoms. The van der Waals surface area contributed by atoms with Gasteiger partial charge in [0.25, 0.3) is 0 Å². The SMILES string of the molecule is O=Cc1c(Cl)cccc1OCC1CO1. The Morgan fingerprint density at radius 2 is 2.43 bits per heavy atom. The maximum atomic E-state index is 10.7. The molecular formula is C10H9ClO3. The largest absolute Gasteiger partial charge is 0.490 e. The van der Waals surface area contributed by atoms with Crippen LogP contribution in [0.25, 0.3) is 0 Å². The van der Waals surface area contributed by atoms with Gasteiger partial charge in [-0.25, -0.2) is 0 Å².